The average molecular weight is 200 g/mol. The molecule has 1 heteroatoms. The van der Waals surface area contributed by atoms with E-state index in [1.807, 2.05) is 0 Å². The van der Waals surface area contributed by atoms with Crippen LogP contribution in [0.3, 0.4) is 0 Å². The molecule has 15 heavy (non-hydrogen) atoms. The molecule has 0 saturated heterocycles. The summed E-state index contributed by atoms with van der Waals surface area (Å²) < 4.78 is 0. The quantitative estimate of drug-likeness (QED) is 0.587. The van der Waals surface area contributed by atoms with Crippen LogP contribution >= 0.6 is 0 Å². The Morgan fingerprint density at radius 3 is 3.13 bits per heavy atom. The summed E-state index contributed by atoms with van der Waals surface area (Å²) in [5, 5.41) is 0. The van der Waals surface area contributed by atoms with E-state index >= 15 is 0 Å². The van der Waals surface area contributed by atoms with Gasteiger partial charge in [0.25, 0.3) is 0 Å². The fourth-order valence-corrected chi connectivity index (χ4v) is 3.10. The number of carbonyl (C=O) groups excluding carboxylic acids is 1. The third-order valence-corrected chi connectivity index (χ3v) is 3.93. The second-order valence-electron chi connectivity index (χ2n) is 4.88. The number of Topliss-reactive ketones (excluding diaryl/α,β-unsaturated/α-hetero) is 1. The molecule has 0 radical (unpaired) electrons. The van der Waals surface area contributed by atoms with Crippen molar-refractivity contribution in [2.45, 2.75) is 32.1 Å². The van der Waals surface area contributed by atoms with Crippen molar-refractivity contribution in [2.24, 2.45) is 11.8 Å². The molecule has 1 saturated carbocycles. The van der Waals surface area contributed by atoms with E-state index in [9.17, 15) is 4.79 Å². The molecule has 3 rings (SSSR count). The number of allylic oxidation sites excluding steroid dienone is 6. The number of ketones is 1. The van der Waals surface area contributed by atoms with Crippen molar-refractivity contribution in [3.8, 4) is 0 Å². The summed E-state index contributed by atoms with van der Waals surface area (Å²) in [7, 11) is 0. The van der Waals surface area contributed by atoms with Crippen LogP contribution in [-0.2, 0) is 4.79 Å². The van der Waals surface area contributed by atoms with Gasteiger partial charge in [-0.3, -0.25) is 4.79 Å². The maximum atomic E-state index is 11.8. The molecule has 0 N–H and O–H groups in total. The minimum atomic E-state index is 0.403. The van der Waals surface area contributed by atoms with Crippen LogP contribution in [0, 0.1) is 11.8 Å². The van der Waals surface area contributed by atoms with Gasteiger partial charge in [-0.25, -0.2) is 0 Å². The number of rotatable bonds is 0. The second-order valence-corrected chi connectivity index (χ2v) is 4.88. The highest BCUT2D eigenvalue weighted by atomic mass is 16.1. The highest BCUT2D eigenvalue weighted by Crippen LogP contribution is 2.41. The number of carbonyl (C=O) groups is 1. The van der Waals surface area contributed by atoms with Crippen molar-refractivity contribution >= 4 is 5.78 Å². The molecule has 3 aliphatic carbocycles. The summed E-state index contributed by atoms with van der Waals surface area (Å²) in [5.41, 5.74) is 2.51. The standard InChI is InChI=1S/C14H16O/c15-14-7-3-6-12-8-10-4-1-2-5-11(10)9-13(12)14/h1-2,5,9-10,12H,3-4,6-8H2. The minimum Gasteiger partial charge on any atom is -0.295 e. The summed E-state index contributed by atoms with van der Waals surface area (Å²) in [6.07, 6.45) is 14.2. The molecule has 3 aliphatic rings. The van der Waals surface area contributed by atoms with Crippen molar-refractivity contribution in [1.82, 2.24) is 0 Å². The smallest absolute Gasteiger partial charge is 0.159 e. The molecule has 0 aliphatic heterocycles. The molecule has 0 aromatic carbocycles. The van der Waals surface area contributed by atoms with Crippen LogP contribution in [0.5, 0.6) is 0 Å². The zero-order valence-electron chi connectivity index (χ0n) is 8.91. The Balaban J connectivity index is 1.98. The zero-order chi connectivity index (χ0) is 10.3. The zero-order valence-corrected chi connectivity index (χ0v) is 8.91. The molecular weight excluding hydrogens is 184 g/mol. The van der Waals surface area contributed by atoms with E-state index in [1.54, 1.807) is 0 Å². The van der Waals surface area contributed by atoms with Gasteiger partial charge in [0.15, 0.2) is 5.78 Å². The molecule has 0 amide bonds. The van der Waals surface area contributed by atoms with Crippen LogP contribution < -0.4 is 0 Å². The predicted octanol–water partition coefficient (Wildman–Crippen LogP) is 3.19. The first-order valence-electron chi connectivity index (χ1n) is 5.96. The van der Waals surface area contributed by atoms with Crippen LogP contribution in [0.15, 0.2) is 35.5 Å². The van der Waals surface area contributed by atoms with Gasteiger partial charge < -0.3 is 0 Å². The van der Waals surface area contributed by atoms with Gasteiger partial charge in [0.1, 0.15) is 0 Å². The lowest BCUT2D eigenvalue weighted by molar-refractivity contribution is -0.117. The topological polar surface area (TPSA) is 17.1 Å². The summed E-state index contributed by atoms with van der Waals surface area (Å²) in [6.45, 7) is 0. The van der Waals surface area contributed by atoms with Crippen LogP contribution in [0.25, 0.3) is 0 Å². The van der Waals surface area contributed by atoms with Crippen LogP contribution in [0.1, 0.15) is 32.1 Å². The molecule has 0 bridgehead atoms. The number of hydrogen-bond acceptors (Lipinski definition) is 1. The van der Waals surface area contributed by atoms with Gasteiger partial charge in [-0.1, -0.05) is 24.3 Å². The van der Waals surface area contributed by atoms with Gasteiger partial charge in [-0.2, -0.15) is 0 Å². The lowest BCUT2D eigenvalue weighted by Gasteiger charge is -2.34. The first-order chi connectivity index (χ1) is 7.34. The summed E-state index contributed by atoms with van der Waals surface area (Å²) in [5.74, 6) is 1.66. The molecule has 2 atom stereocenters. The molecule has 2 unspecified atom stereocenters. The molecular formula is C14H16O. The van der Waals surface area contributed by atoms with Crippen molar-refractivity contribution in [3.63, 3.8) is 0 Å². The predicted molar refractivity (Wildman–Crippen MR) is 60.4 cm³/mol. The molecule has 0 aromatic rings. The average Bonchev–Trinajstić information content (AvgIpc) is 2.27. The van der Waals surface area contributed by atoms with Gasteiger partial charge in [0.2, 0.25) is 0 Å². The summed E-state index contributed by atoms with van der Waals surface area (Å²) in [4.78, 5) is 11.8. The van der Waals surface area contributed by atoms with E-state index < -0.39 is 0 Å². The maximum Gasteiger partial charge on any atom is 0.159 e. The number of fused-ring (bicyclic) bond motifs is 2. The lowest BCUT2D eigenvalue weighted by Crippen LogP contribution is -2.26. The fourth-order valence-electron chi connectivity index (χ4n) is 3.10. The maximum absolute atomic E-state index is 11.8. The number of hydrogen-bond donors (Lipinski definition) is 0. The first kappa shape index (κ1) is 9.14. The molecule has 78 valence electrons. The fraction of sp³-hybridized carbons (Fsp3) is 0.500. The van der Waals surface area contributed by atoms with Crippen LogP contribution in [0.4, 0.5) is 0 Å². The Kier molecular flexibility index (Phi) is 2.12. The third-order valence-electron chi connectivity index (χ3n) is 3.93. The Morgan fingerprint density at radius 1 is 1.27 bits per heavy atom. The minimum absolute atomic E-state index is 0.403. The Morgan fingerprint density at radius 2 is 2.20 bits per heavy atom. The Hall–Kier alpha value is -1.11. The van der Waals surface area contributed by atoms with Gasteiger partial charge in [-0.15, -0.1) is 0 Å². The van der Waals surface area contributed by atoms with Gasteiger partial charge in [0, 0.05) is 6.42 Å². The molecule has 0 spiro atoms. The van der Waals surface area contributed by atoms with Crippen molar-refractivity contribution in [3.05, 3.63) is 35.5 Å². The molecule has 0 aromatic heterocycles. The molecule has 1 nitrogen and oxygen atoms in total. The second kappa shape index (κ2) is 3.48. The van der Waals surface area contributed by atoms with Gasteiger partial charge in [0.05, 0.1) is 0 Å². The van der Waals surface area contributed by atoms with E-state index in [0.29, 0.717) is 17.6 Å². The van der Waals surface area contributed by atoms with Crippen molar-refractivity contribution in [2.75, 3.05) is 0 Å². The van der Waals surface area contributed by atoms with Gasteiger partial charge in [-0.05, 0) is 48.7 Å². The van der Waals surface area contributed by atoms with Crippen molar-refractivity contribution in [1.29, 1.82) is 0 Å². The third kappa shape index (κ3) is 1.50. The first-order valence-corrected chi connectivity index (χ1v) is 5.96. The van der Waals surface area contributed by atoms with Crippen LogP contribution in [-0.4, -0.2) is 5.78 Å². The van der Waals surface area contributed by atoms with E-state index in [-0.39, 0.29) is 0 Å². The normalized spacial score (nSPS) is 34.0. The SMILES string of the molecule is O=C1CCCC2CC3CC=CC=C3C=C12. The van der Waals surface area contributed by atoms with Crippen LogP contribution in [0.2, 0.25) is 0 Å². The largest absolute Gasteiger partial charge is 0.295 e. The van der Waals surface area contributed by atoms with E-state index in [0.717, 1.165) is 18.4 Å². The summed E-state index contributed by atoms with van der Waals surface area (Å²) in [6, 6.07) is 0. The highest BCUT2D eigenvalue weighted by Gasteiger charge is 2.32. The molecule has 0 heterocycles. The van der Waals surface area contributed by atoms with E-state index in [4.69, 9.17) is 0 Å². The van der Waals surface area contributed by atoms with Crippen molar-refractivity contribution < 1.29 is 4.79 Å². The summed E-state index contributed by atoms with van der Waals surface area (Å²) >= 11 is 0. The Bertz CT molecular complexity index is 384. The lowest BCUT2D eigenvalue weighted by atomic mass is 9.70. The highest BCUT2D eigenvalue weighted by molar-refractivity contribution is 5.97. The van der Waals surface area contributed by atoms with E-state index in [1.165, 1.54) is 24.8 Å². The molecule has 1 fully saturated rings. The monoisotopic (exact) mass is 200 g/mol. The van der Waals surface area contributed by atoms with E-state index in [2.05, 4.69) is 24.3 Å². The Labute approximate surface area is 90.6 Å². The van der Waals surface area contributed by atoms with Gasteiger partial charge >= 0.3 is 0 Å².